The Morgan fingerprint density at radius 3 is 2.56 bits per heavy atom. The van der Waals surface area contributed by atoms with E-state index in [1.165, 1.54) is 0 Å². The molecule has 0 bridgehead atoms. The number of hydrogen-bond acceptors (Lipinski definition) is 4. The van der Waals surface area contributed by atoms with Gasteiger partial charge in [0.1, 0.15) is 0 Å². The monoisotopic (exact) mass is 309 g/mol. The fraction of sp³-hybridized carbons (Fsp3) is 0.385. The van der Waals surface area contributed by atoms with Crippen LogP contribution in [0.1, 0.15) is 32.7 Å². The lowest BCUT2D eigenvalue weighted by Crippen LogP contribution is -2.26. The van der Waals surface area contributed by atoms with Crippen molar-refractivity contribution >= 4 is 15.9 Å². The van der Waals surface area contributed by atoms with Crippen LogP contribution in [0.4, 0.5) is 0 Å². The van der Waals surface area contributed by atoms with Crippen LogP contribution in [-0.2, 0) is 0 Å². The second-order valence-corrected chi connectivity index (χ2v) is 6.13. The number of nitrogens with zero attached hydrogens (tertiary/aromatic N) is 2. The molecule has 4 nitrogen and oxygen atoms in total. The van der Waals surface area contributed by atoms with Crippen LogP contribution in [0.2, 0.25) is 0 Å². The predicted octanol–water partition coefficient (Wildman–Crippen LogP) is 3.55. The maximum absolute atomic E-state index is 6.09. The van der Waals surface area contributed by atoms with Gasteiger partial charge in [0.25, 0.3) is 0 Å². The highest BCUT2D eigenvalue weighted by molar-refractivity contribution is 9.10. The summed E-state index contributed by atoms with van der Waals surface area (Å²) >= 11 is 3.47. The van der Waals surface area contributed by atoms with Crippen LogP contribution in [0.15, 0.2) is 33.3 Å². The minimum absolute atomic E-state index is 0.113. The Kier molecular flexibility index (Phi) is 3.54. The Morgan fingerprint density at radius 1 is 1.28 bits per heavy atom. The average molecular weight is 310 g/mol. The van der Waals surface area contributed by atoms with E-state index in [0.29, 0.717) is 11.7 Å². The van der Waals surface area contributed by atoms with Gasteiger partial charge in [-0.15, -0.1) is 0 Å². The summed E-state index contributed by atoms with van der Waals surface area (Å²) in [6.45, 7) is 6.12. The molecule has 0 saturated carbocycles. The summed E-state index contributed by atoms with van der Waals surface area (Å²) in [5, 5.41) is 3.99. The van der Waals surface area contributed by atoms with Crippen LogP contribution in [0.5, 0.6) is 0 Å². The fourth-order valence-corrected chi connectivity index (χ4v) is 1.95. The molecular weight excluding hydrogens is 294 g/mol. The molecule has 5 heteroatoms. The van der Waals surface area contributed by atoms with Gasteiger partial charge < -0.3 is 10.3 Å². The Morgan fingerprint density at radius 2 is 1.94 bits per heavy atom. The Hall–Kier alpha value is -1.20. The van der Waals surface area contributed by atoms with Crippen LogP contribution < -0.4 is 5.73 Å². The van der Waals surface area contributed by atoms with Gasteiger partial charge >= 0.3 is 0 Å². The van der Waals surface area contributed by atoms with Crippen molar-refractivity contribution in [3.63, 3.8) is 0 Å². The molecule has 96 valence electrons. The maximum Gasteiger partial charge on any atom is 0.244 e. The quantitative estimate of drug-likeness (QED) is 0.921. The third-order valence-corrected chi connectivity index (χ3v) is 3.45. The summed E-state index contributed by atoms with van der Waals surface area (Å²) < 4.78 is 6.19. The van der Waals surface area contributed by atoms with Gasteiger partial charge in [-0.1, -0.05) is 54.0 Å². The van der Waals surface area contributed by atoms with E-state index in [4.69, 9.17) is 10.3 Å². The van der Waals surface area contributed by atoms with Gasteiger partial charge in [-0.25, -0.2) is 0 Å². The highest BCUT2D eigenvalue weighted by Crippen LogP contribution is 2.31. The topological polar surface area (TPSA) is 64.9 Å². The fourth-order valence-electron chi connectivity index (χ4n) is 1.48. The van der Waals surface area contributed by atoms with Gasteiger partial charge in [-0.3, -0.25) is 0 Å². The second-order valence-electron chi connectivity index (χ2n) is 5.28. The molecule has 1 atom stereocenters. The molecule has 1 heterocycles. The van der Waals surface area contributed by atoms with Crippen LogP contribution in [-0.4, -0.2) is 10.1 Å². The predicted molar refractivity (Wildman–Crippen MR) is 73.8 cm³/mol. The standard InChI is InChI=1S/C13H16BrN3O/c1-13(2,3)10(15)12-16-11(17-18-12)8-6-4-5-7-9(8)14/h4-7,10H,15H2,1-3H3/t10-/m0/s1. The Balaban J connectivity index is 2.35. The first-order valence-corrected chi connectivity index (χ1v) is 6.53. The van der Waals surface area contributed by atoms with Crippen molar-refractivity contribution in [2.75, 3.05) is 0 Å². The molecule has 2 rings (SSSR count). The molecule has 1 aromatic heterocycles. The minimum Gasteiger partial charge on any atom is -0.337 e. The van der Waals surface area contributed by atoms with E-state index in [0.717, 1.165) is 10.0 Å². The van der Waals surface area contributed by atoms with Crippen molar-refractivity contribution in [2.24, 2.45) is 11.1 Å². The molecule has 0 spiro atoms. The van der Waals surface area contributed by atoms with Crippen LogP contribution in [0.3, 0.4) is 0 Å². The molecule has 0 saturated heterocycles. The van der Waals surface area contributed by atoms with Gasteiger partial charge in [0.15, 0.2) is 0 Å². The smallest absolute Gasteiger partial charge is 0.244 e. The molecule has 1 aromatic carbocycles. The number of nitrogens with two attached hydrogens (primary N) is 1. The number of hydrogen-bond donors (Lipinski definition) is 1. The van der Waals surface area contributed by atoms with E-state index in [-0.39, 0.29) is 11.5 Å². The van der Waals surface area contributed by atoms with Crippen molar-refractivity contribution in [3.8, 4) is 11.4 Å². The Labute approximate surface area is 115 Å². The first kappa shape index (κ1) is 13.2. The largest absolute Gasteiger partial charge is 0.337 e. The minimum atomic E-state index is -0.277. The second kappa shape index (κ2) is 4.82. The molecule has 0 amide bonds. The summed E-state index contributed by atoms with van der Waals surface area (Å²) in [7, 11) is 0. The molecule has 0 radical (unpaired) electrons. The summed E-state index contributed by atoms with van der Waals surface area (Å²) in [6.07, 6.45) is 0. The van der Waals surface area contributed by atoms with Gasteiger partial charge in [0.05, 0.1) is 6.04 Å². The summed E-state index contributed by atoms with van der Waals surface area (Å²) in [5.74, 6) is 1.02. The maximum atomic E-state index is 6.09. The zero-order chi connectivity index (χ0) is 13.3. The van der Waals surface area contributed by atoms with Gasteiger partial charge in [-0.05, 0) is 17.5 Å². The van der Waals surface area contributed by atoms with E-state index < -0.39 is 0 Å². The van der Waals surface area contributed by atoms with E-state index in [1.807, 2.05) is 45.0 Å². The zero-order valence-electron chi connectivity index (χ0n) is 10.6. The van der Waals surface area contributed by atoms with Crippen LogP contribution in [0, 0.1) is 5.41 Å². The molecule has 0 aliphatic carbocycles. The Bertz CT molecular complexity index is 545. The van der Waals surface area contributed by atoms with Gasteiger partial charge in [-0.2, -0.15) is 4.98 Å². The van der Waals surface area contributed by atoms with Crippen molar-refractivity contribution in [1.29, 1.82) is 0 Å². The molecule has 0 fully saturated rings. The van der Waals surface area contributed by atoms with Crippen LogP contribution >= 0.6 is 15.9 Å². The molecular formula is C13H16BrN3O. The number of halogens is 1. The van der Waals surface area contributed by atoms with E-state index in [2.05, 4.69) is 26.1 Å². The molecule has 0 aliphatic heterocycles. The third kappa shape index (κ3) is 2.62. The SMILES string of the molecule is CC(C)(C)[C@@H](N)c1nc(-c2ccccc2Br)no1. The average Bonchev–Trinajstić information content (AvgIpc) is 2.76. The number of rotatable bonds is 2. The molecule has 18 heavy (non-hydrogen) atoms. The number of aromatic nitrogens is 2. The first-order chi connectivity index (χ1) is 8.39. The molecule has 2 aromatic rings. The van der Waals surface area contributed by atoms with E-state index in [9.17, 15) is 0 Å². The van der Waals surface area contributed by atoms with Crippen molar-refractivity contribution < 1.29 is 4.52 Å². The van der Waals surface area contributed by atoms with Crippen LogP contribution in [0.25, 0.3) is 11.4 Å². The normalized spacial score (nSPS) is 13.6. The lowest BCUT2D eigenvalue weighted by atomic mass is 9.87. The van der Waals surface area contributed by atoms with Gasteiger partial charge in [0.2, 0.25) is 11.7 Å². The number of benzene rings is 1. The molecule has 0 unspecified atom stereocenters. The molecule has 2 N–H and O–H groups in total. The zero-order valence-corrected chi connectivity index (χ0v) is 12.2. The molecule has 0 aliphatic rings. The summed E-state index contributed by atoms with van der Waals surface area (Å²) in [6, 6.07) is 7.47. The summed E-state index contributed by atoms with van der Waals surface area (Å²) in [4.78, 5) is 4.37. The first-order valence-electron chi connectivity index (χ1n) is 5.73. The van der Waals surface area contributed by atoms with Crippen molar-refractivity contribution in [2.45, 2.75) is 26.8 Å². The van der Waals surface area contributed by atoms with Crippen molar-refractivity contribution in [3.05, 3.63) is 34.6 Å². The third-order valence-electron chi connectivity index (χ3n) is 2.76. The highest BCUT2D eigenvalue weighted by atomic mass is 79.9. The summed E-state index contributed by atoms with van der Waals surface area (Å²) in [5.41, 5.74) is 6.88. The van der Waals surface area contributed by atoms with E-state index in [1.54, 1.807) is 0 Å². The highest BCUT2D eigenvalue weighted by Gasteiger charge is 2.27. The lowest BCUT2D eigenvalue weighted by molar-refractivity contribution is 0.253. The lowest BCUT2D eigenvalue weighted by Gasteiger charge is -2.23. The van der Waals surface area contributed by atoms with Crippen molar-refractivity contribution in [1.82, 2.24) is 10.1 Å². The van der Waals surface area contributed by atoms with E-state index >= 15 is 0 Å². The van der Waals surface area contributed by atoms with Gasteiger partial charge in [0, 0.05) is 10.0 Å².